The van der Waals surface area contributed by atoms with Gasteiger partial charge in [0.15, 0.2) is 12.4 Å². The average molecular weight is 384 g/mol. The van der Waals surface area contributed by atoms with E-state index in [-0.39, 0.29) is 24.3 Å². The maximum absolute atomic E-state index is 12.2. The van der Waals surface area contributed by atoms with Gasteiger partial charge in [0.25, 0.3) is 11.8 Å². The number of furan rings is 1. The number of hydrogen-bond donors (Lipinski definition) is 1. The second kappa shape index (κ2) is 8.73. The molecule has 0 radical (unpaired) electrons. The Morgan fingerprint density at radius 2 is 1.82 bits per heavy atom. The Hall–Kier alpha value is -3.09. The summed E-state index contributed by atoms with van der Waals surface area (Å²) in [5.74, 6) is -0.965. The molecule has 0 bridgehead atoms. The second-order valence-corrected chi connectivity index (χ2v) is 7.08. The van der Waals surface area contributed by atoms with Gasteiger partial charge in [0, 0.05) is 18.8 Å². The minimum atomic E-state index is -0.402. The first-order valence-corrected chi connectivity index (χ1v) is 9.30. The SMILES string of the molecule is Cc1cc(C)cc(NC(=O)COC(=O)C2CCN(C(=O)c3ccco3)CC2)c1. The Labute approximate surface area is 163 Å². The molecule has 1 aromatic heterocycles. The Balaban J connectivity index is 1.43. The number of esters is 1. The van der Waals surface area contributed by atoms with Crippen LogP contribution in [0.25, 0.3) is 0 Å². The molecule has 1 aliphatic heterocycles. The number of carbonyl (C=O) groups excluding carboxylic acids is 3. The van der Waals surface area contributed by atoms with Crippen LogP contribution >= 0.6 is 0 Å². The van der Waals surface area contributed by atoms with Gasteiger partial charge in [-0.3, -0.25) is 14.4 Å². The molecule has 0 unspecified atom stereocenters. The molecule has 1 N–H and O–H groups in total. The molecule has 1 aliphatic rings. The number of hydrogen-bond acceptors (Lipinski definition) is 5. The lowest BCUT2D eigenvalue weighted by Crippen LogP contribution is -2.40. The predicted molar refractivity (Wildman–Crippen MR) is 103 cm³/mol. The average Bonchev–Trinajstić information content (AvgIpc) is 3.19. The van der Waals surface area contributed by atoms with Crippen LogP contribution in [0.5, 0.6) is 0 Å². The highest BCUT2D eigenvalue weighted by molar-refractivity contribution is 5.93. The molecule has 2 amide bonds. The number of nitrogens with zero attached hydrogens (tertiary/aromatic N) is 1. The van der Waals surface area contributed by atoms with Crippen LogP contribution in [0.3, 0.4) is 0 Å². The summed E-state index contributed by atoms with van der Waals surface area (Å²) in [6, 6.07) is 9.02. The van der Waals surface area contributed by atoms with Gasteiger partial charge in [-0.2, -0.15) is 0 Å². The summed E-state index contributed by atoms with van der Waals surface area (Å²) in [5.41, 5.74) is 2.77. The first-order valence-electron chi connectivity index (χ1n) is 9.30. The molecular formula is C21H24N2O5. The number of ether oxygens (including phenoxy) is 1. The van der Waals surface area contributed by atoms with Gasteiger partial charge in [0.1, 0.15) is 0 Å². The number of carbonyl (C=O) groups is 3. The number of rotatable bonds is 5. The number of likely N-dealkylation sites (tertiary alicyclic amines) is 1. The van der Waals surface area contributed by atoms with Crippen molar-refractivity contribution in [1.82, 2.24) is 4.90 Å². The fourth-order valence-electron chi connectivity index (χ4n) is 3.37. The molecular weight excluding hydrogens is 360 g/mol. The molecule has 1 fully saturated rings. The predicted octanol–water partition coefficient (Wildman–Crippen LogP) is 2.93. The van der Waals surface area contributed by atoms with Crippen molar-refractivity contribution in [2.75, 3.05) is 25.0 Å². The Kier molecular flexibility index (Phi) is 6.13. The maximum Gasteiger partial charge on any atom is 0.309 e. The minimum absolute atomic E-state index is 0.176. The van der Waals surface area contributed by atoms with E-state index < -0.39 is 5.97 Å². The molecule has 0 saturated carbocycles. The van der Waals surface area contributed by atoms with E-state index in [2.05, 4.69) is 5.32 Å². The van der Waals surface area contributed by atoms with Crippen LogP contribution in [0, 0.1) is 19.8 Å². The monoisotopic (exact) mass is 384 g/mol. The van der Waals surface area contributed by atoms with Crippen LogP contribution in [0.15, 0.2) is 41.0 Å². The van der Waals surface area contributed by atoms with Crippen LogP contribution in [0.1, 0.15) is 34.5 Å². The van der Waals surface area contributed by atoms with Crippen molar-refractivity contribution in [1.29, 1.82) is 0 Å². The van der Waals surface area contributed by atoms with Crippen molar-refractivity contribution in [3.63, 3.8) is 0 Å². The second-order valence-electron chi connectivity index (χ2n) is 7.08. The molecule has 0 aliphatic carbocycles. The zero-order valence-electron chi connectivity index (χ0n) is 16.1. The van der Waals surface area contributed by atoms with Crippen molar-refractivity contribution in [3.8, 4) is 0 Å². The summed E-state index contributed by atoms with van der Waals surface area (Å²) in [5, 5.41) is 2.74. The van der Waals surface area contributed by atoms with Gasteiger partial charge in [-0.05, 0) is 62.1 Å². The summed E-state index contributed by atoms with van der Waals surface area (Å²) in [7, 11) is 0. The zero-order valence-corrected chi connectivity index (χ0v) is 16.1. The summed E-state index contributed by atoms with van der Waals surface area (Å²) in [6.07, 6.45) is 2.47. The maximum atomic E-state index is 12.2. The lowest BCUT2D eigenvalue weighted by Gasteiger charge is -2.30. The molecule has 7 heteroatoms. The third-order valence-corrected chi connectivity index (χ3v) is 4.70. The number of amides is 2. The molecule has 28 heavy (non-hydrogen) atoms. The molecule has 2 aromatic rings. The van der Waals surface area contributed by atoms with Gasteiger partial charge in [0.05, 0.1) is 12.2 Å². The quantitative estimate of drug-likeness (QED) is 0.801. The molecule has 7 nitrogen and oxygen atoms in total. The number of nitrogens with one attached hydrogen (secondary N) is 1. The summed E-state index contributed by atoms with van der Waals surface area (Å²) < 4.78 is 10.3. The Morgan fingerprint density at radius 1 is 1.14 bits per heavy atom. The van der Waals surface area contributed by atoms with Crippen molar-refractivity contribution in [2.24, 2.45) is 5.92 Å². The number of anilines is 1. The summed E-state index contributed by atoms with van der Waals surface area (Å²) in [4.78, 5) is 38.2. The lowest BCUT2D eigenvalue weighted by molar-refractivity contribution is -0.152. The van der Waals surface area contributed by atoms with Gasteiger partial charge in [-0.1, -0.05) is 6.07 Å². The fraction of sp³-hybridized carbons (Fsp3) is 0.381. The number of piperidine rings is 1. The highest BCUT2D eigenvalue weighted by Gasteiger charge is 2.29. The highest BCUT2D eigenvalue weighted by Crippen LogP contribution is 2.20. The van der Waals surface area contributed by atoms with E-state index >= 15 is 0 Å². The van der Waals surface area contributed by atoms with Crippen molar-refractivity contribution in [3.05, 3.63) is 53.5 Å². The van der Waals surface area contributed by atoms with Crippen molar-refractivity contribution >= 4 is 23.5 Å². The van der Waals surface area contributed by atoms with Crippen LogP contribution in [0.2, 0.25) is 0 Å². The third kappa shape index (κ3) is 5.00. The van der Waals surface area contributed by atoms with Gasteiger partial charge in [-0.25, -0.2) is 0 Å². The largest absolute Gasteiger partial charge is 0.459 e. The van der Waals surface area contributed by atoms with Gasteiger partial charge >= 0.3 is 5.97 Å². The van der Waals surface area contributed by atoms with E-state index in [1.807, 2.05) is 32.0 Å². The molecule has 0 spiro atoms. The lowest BCUT2D eigenvalue weighted by atomic mass is 9.97. The molecule has 3 rings (SSSR count). The van der Waals surface area contributed by atoms with Gasteiger partial charge in [-0.15, -0.1) is 0 Å². The first kappa shape index (κ1) is 19.7. The smallest absolute Gasteiger partial charge is 0.309 e. The fourth-order valence-corrected chi connectivity index (χ4v) is 3.37. The molecule has 1 saturated heterocycles. The standard InChI is InChI=1S/C21H24N2O5/c1-14-10-15(2)12-17(11-14)22-19(24)13-28-21(26)16-5-7-23(8-6-16)20(25)18-4-3-9-27-18/h3-4,9-12,16H,5-8,13H2,1-2H3,(H,22,24). The number of aryl methyl sites for hydroxylation is 2. The highest BCUT2D eigenvalue weighted by atomic mass is 16.5. The topological polar surface area (TPSA) is 88.9 Å². The van der Waals surface area contributed by atoms with E-state index in [1.54, 1.807) is 17.0 Å². The van der Waals surface area contributed by atoms with Gasteiger partial charge < -0.3 is 19.4 Å². The van der Waals surface area contributed by atoms with Crippen LogP contribution in [-0.4, -0.2) is 42.4 Å². The normalized spacial score (nSPS) is 14.6. The minimum Gasteiger partial charge on any atom is -0.459 e. The van der Waals surface area contributed by atoms with Crippen molar-refractivity contribution in [2.45, 2.75) is 26.7 Å². The number of benzene rings is 1. The van der Waals surface area contributed by atoms with Crippen LogP contribution in [-0.2, 0) is 14.3 Å². The molecule has 0 atom stereocenters. The molecule has 2 heterocycles. The van der Waals surface area contributed by atoms with E-state index in [1.165, 1.54) is 6.26 Å². The molecule has 1 aromatic carbocycles. The van der Waals surface area contributed by atoms with E-state index in [9.17, 15) is 14.4 Å². The van der Waals surface area contributed by atoms with Gasteiger partial charge in [0.2, 0.25) is 0 Å². The summed E-state index contributed by atoms with van der Waals surface area (Å²) in [6.45, 7) is 4.48. The Morgan fingerprint density at radius 3 is 2.43 bits per heavy atom. The third-order valence-electron chi connectivity index (χ3n) is 4.70. The first-order chi connectivity index (χ1) is 13.4. The zero-order chi connectivity index (χ0) is 20.1. The summed E-state index contributed by atoms with van der Waals surface area (Å²) >= 11 is 0. The van der Waals surface area contributed by atoms with E-state index in [0.29, 0.717) is 37.4 Å². The van der Waals surface area contributed by atoms with Crippen LogP contribution < -0.4 is 5.32 Å². The van der Waals surface area contributed by atoms with E-state index in [4.69, 9.17) is 9.15 Å². The Bertz CT molecular complexity index is 831. The van der Waals surface area contributed by atoms with E-state index in [0.717, 1.165) is 11.1 Å². The molecule has 148 valence electrons. The van der Waals surface area contributed by atoms with Crippen molar-refractivity contribution < 1.29 is 23.5 Å². The van der Waals surface area contributed by atoms with Crippen LogP contribution in [0.4, 0.5) is 5.69 Å².